The van der Waals surface area contributed by atoms with E-state index < -0.39 is 6.09 Å². The van der Waals surface area contributed by atoms with Gasteiger partial charge in [-0.3, -0.25) is 0 Å². The van der Waals surface area contributed by atoms with E-state index in [1.807, 2.05) is 5.41 Å². The van der Waals surface area contributed by atoms with Crippen molar-refractivity contribution in [3.63, 3.8) is 0 Å². The van der Waals surface area contributed by atoms with Gasteiger partial charge in [-0.05, 0) is 5.41 Å². The molecule has 0 radical (unpaired) electrons. The predicted octanol–water partition coefficient (Wildman–Crippen LogP) is 0.474. The number of carbonyl (C=O) groups excluding carboxylic acids is 1. The summed E-state index contributed by atoms with van der Waals surface area (Å²) in [7, 11) is 0. The molecule has 2 N–H and O–H groups in total. The normalized spacial score (nSPS) is 16.2. The molecule has 0 fully saturated rings. The van der Waals surface area contributed by atoms with Gasteiger partial charge in [0.15, 0.2) is 0 Å². The molecule has 50 valence electrons. The second-order valence-corrected chi connectivity index (χ2v) is 2.27. The Morgan fingerprint density at radius 1 is 1.89 bits per heavy atom. The number of primary amides is 1. The van der Waals surface area contributed by atoms with Crippen molar-refractivity contribution in [2.75, 3.05) is 5.88 Å². The van der Waals surface area contributed by atoms with Crippen LogP contribution >= 0.6 is 11.8 Å². The summed E-state index contributed by atoms with van der Waals surface area (Å²) in [6, 6.07) is 0. The summed E-state index contributed by atoms with van der Waals surface area (Å²) in [5.41, 5.74) is 4.73. The van der Waals surface area contributed by atoms with Gasteiger partial charge in [-0.1, -0.05) is 0 Å². The first kappa shape index (κ1) is 6.28. The minimum atomic E-state index is -0.776. The van der Waals surface area contributed by atoms with E-state index in [1.165, 1.54) is 16.8 Å². The van der Waals surface area contributed by atoms with Gasteiger partial charge >= 0.3 is 6.09 Å². The third-order valence-electron chi connectivity index (χ3n) is 0.732. The van der Waals surface area contributed by atoms with Crippen molar-refractivity contribution in [3.8, 4) is 0 Å². The molecule has 1 heterocycles. The van der Waals surface area contributed by atoms with Crippen LogP contribution in [-0.4, -0.2) is 17.0 Å². The monoisotopic (exact) mass is 146 g/mol. The molecule has 0 aromatic carbocycles. The van der Waals surface area contributed by atoms with Crippen LogP contribution in [0.2, 0.25) is 0 Å². The molecule has 1 aliphatic rings. The average Bonchev–Trinajstić information content (AvgIpc) is 2.15. The molecule has 0 aromatic rings. The van der Waals surface area contributed by atoms with Crippen molar-refractivity contribution in [1.82, 2.24) is 5.06 Å². The molecule has 5 heteroatoms. The summed E-state index contributed by atoms with van der Waals surface area (Å²) >= 11 is 1.54. The third-order valence-corrected chi connectivity index (χ3v) is 1.45. The summed E-state index contributed by atoms with van der Waals surface area (Å²) in [5, 5.41) is 3.19. The van der Waals surface area contributed by atoms with Gasteiger partial charge in [0, 0.05) is 6.20 Å². The molecule has 1 amide bonds. The van der Waals surface area contributed by atoms with E-state index in [-0.39, 0.29) is 0 Å². The van der Waals surface area contributed by atoms with E-state index >= 15 is 0 Å². The lowest BCUT2D eigenvalue weighted by Gasteiger charge is -2.10. The van der Waals surface area contributed by atoms with E-state index in [2.05, 4.69) is 4.84 Å². The first-order valence-corrected chi connectivity index (χ1v) is 3.36. The second kappa shape index (κ2) is 2.63. The fraction of sp³-hybridized carbons (Fsp3) is 0.250. The molecule has 0 saturated heterocycles. The topological polar surface area (TPSA) is 55.6 Å². The van der Waals surface area contributed by atoms with Crippen LogP contribution in [0.4, 0.5) is 4.79 Å². The minimum absolute atomic E-state index is 0.628. The number of hydrogen-bond donors (Lipinski definition) is 1. The van der Waals surface area contributed by atoms with Gasteiger partial charge in [0.05, 0.1) is 0 Å². The van der Waals surface area contributed by atoms with Gasteiger partial charge in [-0.15, -0.1) is 11.8 Å². The van der Waals surface area contributed by atoms with Crippen LogP contribution < -0.4 is 5.73 Å². The molecule has 0 saturated carbocycles. The maximum Gasteiger partial charge on any atom is 0.429 e. The summed E-state index contributed by atoms with van der Waals surface area (Å²) in [5.74, 6) is 0.628. The predicted molar refractivity (Wildman–Crippen MR) is 34.1 cm³/mol. The SMILES string of the molecule is NC(=O)ON1C=CSC1. The molecular weight excluding hydrogens is 140 g/mol. The Balaban J connectivity index is 2.28. The summed E-state index contributed by atoms with van der Waals surface area (Å²) in [6.07, 6.45) is 0.872. The smallest absolute Gasteiger partial charge is 0.333 e. The summed E-state index contributed by atoms with van der Waals surface area (Å²) < 4.78 is 0. The first-order valence-electron chi connectivity index (χ1n) is 2.31. The molecule has 0 aromatic heterocycles. The minimum Gasteiger partial charge on any atom is -0.333 e. The molecule has 4 nitrogen and oxygen atoms in total. The Morgan fingerprint density at radius 3 is 3.11 bits per heavy atom. The number of nitrogens with two attached hydrogens (primary N) is 1. The first-order chi connectivity index (χ1) is 4.29. The van der Waals surface area contributed by atoms with Gasteiger partial charge in [-0.25, -0.2) is 9.86 Å². The number of hydrogen-bond acceptors (Lipinski definition) is 4. The third kappa shape index (κ3) is 1.85. The molecule has 9 heavy (non-hydrogen) atoms. The summed E-state index contributed by atoms with van der Waals surface area (Å²) in [6.45, 7) is 0. The zero-order chi connectivity index (χ0) is 6.69. The molecule has 0 unspecified atom stereocenters. The maximum absolute atomic E-state index is 10.1. The number of nitrogens with zero attached hydrogens (tertiary/aromatic N) is 1. The number of thioether (sulfide) groups is 1. The molecule has 0 bridgehead atoms. The number of carbonyl (C=O) groups is 1. The lowest BCUT2D eigenvalue weighted by Crippen LogP contribution is -2.23. The largest absolute Gasteiger partial charge is 0.429 e. The van der Waals surface area contributed by atoms with E-state index in [9.17, 15) is 4.79 Å². The van der Waals surface area contributed by atoms with Gasteiger partial charge in [-0.2, -0.15) is 0 Å². The van der Waals surface area contributed by atoms with Crippen molar-refractivity contribution >= 4 is 17.9 Å². The van der Waals surface area contributed by atoms with Gasteiger partial charge in [0.1, 0.15) is 5.88 Å². The Morgan fingerprint density at radius 2 is 2.67 bits per heavy atom. The highest BCUT2D eigenvalue weighted by Crippen LogP contribution is 2.14. The zero-order valence-corrected chi connectivity index (χ0v) is 5.43. The average molecular weight is 146 g/mol. The maximum atomic E-state index is 10.1. The van der Waals surface area contributed by atoms with Crippen molar-refractivity contribution in [2.24, 2.45) is 5.73 Å². The van der Waals surface area contributed by atoms with Crippen molar-refractivity contribution in [2.45, 2.75) is 0 Å². The molecule has 1 rings (SSSR count). The van der Waals surface area contributed by atoms with E-state index in [0.29, 0.717) is 5.88 Å². The number of amides is 1. The Labute approximate surface area is 56.6 Å². The van der Waals surface area contributed by atoms with Crippen molar-refractivity contribution in [1.29, 1.82) is 0 Å². The molecule has 0 spiro atoms. The number of hydroxylamine groups is 2. The molecule has 0 aliphatic carbocycles. The quantitative estimate of drug-likeness (QED) is 0.584. The lowest BCUT2D eigenvalue weighted by atomic mass is 11.0. The molecular formula is C4H6N2O2S. The lowest BCUT2D eigenvalue weighted by molar-refractivity contribution is -0.0335. The fourth-order valence-electron chi connectivity index (χ4n) is 0.443. The molecule has 1 aliphatic heterocycles. The number of rotatable bonds is 1. The zero-order valence-electron chi connectivity index (χ0n) is 4.61. The van der Waals surface area contributed by atoms with Crippen LogP contribution in [0, 0.1) is 0 Å². The van der Waals surface area contributed by atoms with Crippen LogP contribution in [0.15, 0.2) is 11.6 Å². The Kier molecular flexibility index (Phi) is 1.84. The fourth-order valence-corrected chi connectivity index (χ4v) is 1.04. The van der Waals surface area contributed by atoms with Gasteiger partial charge in [0.25, 0.3) is 0 Å². The van der Waals surface area contributed by atoms with Crippen LogP contribution in [0.1, 0.15) is 0 Å². The van der Waals surface area contributed by atoms with Crippen LogP contribution in [0.3, 0.4) is 0 Å². The Bertz CT molecular complexity index is 148. The highest BCUT2D eigenvalue weighted by Gasteiger charge is 2.06. The van der Waals surface area contributed by atoms with Crippen LogP contribution in [0.25, 0.3) is 0 Å². The van der Waals surface area contributed by atoms with Gasteiger partial charge < -0.3 is 10.6 Å². The molecule has 0 atom stereocenters. The Hall–Kier alpha value is -0.840. The standard InChI is InChI=1S/C4H6N2O2S/c5-4(7)8-6-1-2-9-3-6/h1-2H,3H2,(H2,5,7). The van der Waals surface area contributed by atoms with Crippen LogP contribution in [0.5, 0.6) is 0 Å². The summed E-state index contributed by atoms with van der Waals surface area (Å²) in [4.78, 5) is 14.5. The van der Waals surface area contributed by atoms with E-state index in [1.54, 1.807) is 6.20 Å². The highest BCUT2D eigenvalue weighted by molar-refractivity contribution is 8.02. The van der Waals surface area contributed by atoms with E-state index in [0.717, 1.165) is 0 Å². The van der Waals surface area contributed by atoms with Crippen LogP contribution in [-0.2, 0) is 4.84 Å². The highest BCUT2D eigenvalue weighted by atomic mass is 32.2. The van der Waals surface area contributed by atoms with E-state index in [4.69, 9.17) is 5.73 Å². The van der Waals surface area contributed by atoms with Crippen molar-refractivity contribution in [3.05, 3.63) is 11.6 Å². The van der Waals surface area contributed by atoms with Crippen molar-refractivity contribution < 1.29 is 9.63 Å². The van der Waals surface area contributed by atoms with Gasteiger partial charge in [0.2, 0.25) is 0 Å². The second-order valence-electron chi connectivity index (χ2n) is 1.41.